The largest absolute Gasteiger partial charge is 0.332 e. The highest BCUT2D eigenvalue weighted by Gasteiger charge is 2.27. The smallest absolute Gasteiger partial charge is 0.274 e. The molecule has 4 heterocycles. The van der Waals surface area contributed by atoms with Crippen LogP contribution in [0.15, 0.2) is 12.3 Å². The number of carbonyl (C=O) groups is 1. The van der Waals surface area contributed by atoms with E-state index in [1.807, 2.05) is 17.2 Å². The van der Waals surface area contributed by atoms with E-state index in [0.717, 1.165) is 48.7 Å². The van der Waals surface area contributed by atoms with Crippen molar-refractivity contribution >= 4 is 5.91 Å². The Balaban J connectivity index is 1.49. The fourth-order valence-electron chi connectivity index (χ4n) is 3.55. The average molecular weight is 354 g/mol. The van der Waals surface area contributed by atoms with Crippen molar-refractivity contribution in [3.8, 4) is 0 Å². The molecule has 2 aliphatic rings. The number of carbonyl (C=O) groups excluding carboxylic acids is 1. The summed E-state index contributed by atoms with van der Waals surface area (Å²) in [6.45, 7) is 9.51. The molecule has 2 N–H and O–H groups in total. The fourth-order valence-corrected chi connectivity index (χ4v) is 3.55. The molecule has 1 atom stereocenters. The van der Waals surface area contributed by atoms with Crippen LogP contribution in [-0.4, -0.2) is 50.6 Å². The topological polar surface area (TPSA) is 86.8 Å². The molecule has 0 radical (unpaired) electrons. The second-order valence-electron chi connectivity index (χ2n) is 8.28. The number of nitrogens with zero attached hydrogens (tertiary/aromatic N) is 4. The van der Waals surface area contributed by atoms with E-state index in [9.17, 15) is 4.79 Å². The standard InChI is InChI=1S/C19H26N6O/c1-19(2,3)16-8-15(23-24-16)18(26)25-7-5-14-13(11-25)10-21-17(22-14)12-4-6-20-9-12/h8,10,12,20H,4-7,9,11H2,1-3H3,(H,23,24)/t12-/m0/s1. The third-order valence-corrected chi connectivity index (χ3v) is 5.27. The van der Waals surface area contributed by atoms with E-state index >= 15 is 0 Å². The molecule has 0 aliphatic carbocycles. The molecule has 0 unspecified atom stereocenters. The van der Waals surface area contributed by atoms with Gasteiger partial charge in [-0.15, -0.1) is 0 Å². The Morgan fingerprint density at radius 1 is 1.35 bits per heavy atom. The number of amides is 1. The second-order valence-corrected chi connectivity index (χ2v) is 8.28. The van der Waals surface area contributed by atoms with Gasteiger partial charge in [-0.2, -0.15) is 5.10 Å². The maximum Gasteiger partial charge on any atom is 0.274 e. The van der Waals surface area contributed by atoms with Crippen molar-refractivity contribution in [2.24, 2.45) is 0 Å². The van der Waals surface area contributed by atoms with Gasteiger partial charge in [-0.25, -0.2) is 9.97 Å². The Bertz CT molecular complexity index is 816. The van der Waals surface area contributed by atoms with Gasteiger partial charge < -0.3 is 10.2 Å². The molecule has 2 aliphatic heterocycles. The molecule has 1 saturated heterocycles. The molecule has 0 saturated carbocycles. The van der Waals surface area contributed by atoms with Crippen LogP contribution >= 0.6 is 0 Å². The summed E-state index contributed by atoms with van der Waals surface area (Å²) in [5.41, 5.74) is 3.53. The number of H-pyrrole nitrogens is 1. The van der Waals surface area contributed by atoms with E-state index in [1.165, 1.54) is 0 Å². The molecule has 1 amide bonds. The maximum absolute atomic E-state index is 12.8. The molecule has 4 rings (SSSR count). The monoisotopic (exact) mass is 354 g/mol. The summed E-state index contributed by atoms with van der Waals surface area (Å²) in [5.74, 6) is 1.32. The number of aromatic amines is 1. The Morgan fingerprint density at radius 2 is 2.19 bits per heavy atom. The Hall–Kier alpha value is -2.28. The van der Waals surface area contributed by atoms with Crippen molar-refractivity contribution < 1.29 is 4.79 Å². The molecule has 0 spiro atoms. The summed E-state index contributed by atoms with van der Waals surface area (Å²) in [7, 11) is 0. The van der Waals surface area contributed by atoms with Gasteiger partial charge >= 0.3 is 0 Å². The lowest BCUT2D eigenvalue weighted by atomic mass is 9.92. The van der Waals surface area contributed by atoms with E-state index in [0.29, 0.717) is 24.7 Å². The number of hydrogen-bond donors (Lipinski definition) is 2. The Morgan fingerprint density at radius 3 is 2.88 bits per heavy atom. The van der Waals surface area contributed by atoms with Gasteiger partial charge in [0.1, 0.15) is 11.5 Å². The first-order valence-electron chi connectivity index (χ1n) is 9.32. The molecule has 7 nitrogen and oxygen atoms in total. The zero-order valence-corrected chi connectivity index (χ0v) is 15.7. The van der Waals surface area contributed by atoms with Crippen LogP contribution < -0.4 is 5.32 Å². The number of rotatable bonds is 2. The molecule has 2 aromatic heterocycles. The van der Waals surface area contributed by atoms with Gasteiger partial charge in [-0.1, -0.05) is 20.8 Å². The van der Waals surface area contributed by atoms with Gasteiger partial charge in [0.2, 0.25) is 0 Å². The Labute approximate surface area is 153 Å². The lowest BCUT2D eigenvalue weighted by Gasteiger charge is -2.28. The number of hydrogen-bond acceptors (Lipinski definition) is 5. The van der Waals surface area contributed by atoms with Crippen LogP contribution in [0, 0.1) is 0 Å². The van der Waals surface area contributed by atoms with Crippen LogP contribution in [-0.2, 0) is 18.4 Å². The van der Waals surface area contributed by atoms with Crippen LogP contribution in [0.2, 0.25) is 0 Å². The minimum Gasteiger partial charge on any atom is -0.332 e. The minimum atomic E-state index is -0.0562. The van der Waals surface area contributed by atoms with Crippen molar-refractivity contribution in [1.29, 1.82) is 0 Å². The van der Waals surface area contributed by atoms with Gasteiger partial charge in [-0.05, 0) is 19.0 Å². The molecule has 0 aromatic carbocycles. The van der Waals surface area contributed by atoms with Crippen molar-refractivity contribution in [3.05, 3.63) is 40.7 Å². The van der Waals surface area contributed by atoms with Gasteiger partial charge in [0.15, 0.2) is 0 Å². The summed E-state index contributed by atoms with van der Waals surface area (Å²) >= 11 is 0. The molecular weight excluding hydrogens is 328 g/mol. The SMILES string of the molecule is CC(C)(C)c1cc(C(=O)N2CCc3nc([C@H]4CCNC4)ncc3C2)n[nH]1. The summed E-state index contributed by atoms with van der Waals surface area (Å²) in [5, 5.41) is 10.6. The van der Waals surface area contributed by atoms with Crippen LogP contribution in [0.3, 0.4) is 0 Å². The van der Waals surface area contributed by atoms with Gasteiger partial charge in [0, 0.05) is 54.8 Å². The predicted molar refractivity (Wildman–Crippen MR) is 98.0 cm³/mol. The van der Waals surface area contributed by atoms with Crippen LogP contribution in [0.5, 0.6) is 0 Å². The maximum atomic E-state index is 12.8. The van der Waals surface area contributed by atoms with Crippen LogP contribution in [0.4, 0.5) is 0 Å². The second kappa shape index (κ2) is 6.46. The quantitative estimate of drug-likeness (QED) is 0.858. The minimum absolute atomic E-state index is 0.0357. The van der Waals surface area contributed by atoms with E-state index in [-0.39, 0.29) is 11.3 Å². The third kappa shape index (κ3) is 3.23. The van der Waals surface area contributed by atoms with Crippen molar-refractivity contribution in [1.82, 2.24) is 30.4 Å². The highest BCUT2D eigenvalue weighted by atomic mass is 16.2. The number of fused-ring (bicyclic) bond motifs is 1. The van der Waals surface area contributed by atoms with Crippen molar-refractivity contribution in [2.75, 3.05) is 19.6 Å². The molecular formula is C19H26N6O. The third-order valence-electron chi connectivity index (χ3n) is 5.27. The highest BCUT2D eigenvalue weighted by molar-refractivity contribution is 5.92. The summed E-state index contributed by atoms with van der Waals surface area (Å²) in [6, 6.07) is 1.87. The number of nitrogens with one attached hydrogen (secondary N) is 2. The van der Waals surface area contributed by atoms with Crippen LogP contribution in [0.25, 0.3) is 0 Å². The van der Waals surface area contributed by atoms with Gasteiger partial charge in [0.25, 0.3) is 5.91 Å². The van der Waals surface area contributed by atoms with E-state index < -0.39 is 0 Å². The summed E-state index contributed by atoms with van der Waals surface area (Å²) in [4.78, 5) is 24.0. The first-order chi connectivity index (χ1) is 12.4. The van der Waals surface area contributed by atoms with Gasteiger partial charge in [0.05, 0.1) is 5.69 Å². The highest BCUT2D eigenvalue weighted by Crippen LogP contribution is 2.24. The van der Waals surface area contributed by atoms with Crippen molar-refractivity contribution in [2.45, 2.75) is 51.5 Å². The fraction of sp³-hybridized carbons (Fsp3) is 0.579. The lowest BCUT2D eigenvalue weighted by Crippen LogP contribution is -2.37. The van der Waals surface area contributed by atoms with E-state index in [4.69, 9.17) is 4.98 Å². The van der Waals surface area contributed by atoms with Gasteiger partial charge in [-0.3, -0.25) is 9.89 Å². The van der Waals surface area contributed by atoms with Crippen LogP contribution in [0.1, 0.15) is 66.4 Å². The summed E-state index contributed by atoms with van der Waals surface area (Å²) < 4.78 is 0. The molecule has 138 valence electrons. The van der Waals surface area contributed by atoms with E-state index in [2.05, 4.69) is 41.3 Å². The molecule has 7 heteroatoms. The molecule has 26 heavy (non-hydrogen) atoms. The number of aromatic nitrogens is 4. The first kappa shape index (κ1) is 17.1. The molecule has 0 bridgehead atoms. The lowest BCUT2D eigenvalue weighted by molar-refractivity contribution is 0.0727. The van der Waals surface area contributed by atoms with Crippen molar-refractivity contribution in [3.63, 3.8) is 0 Å². The molecule has 1 fully saturated rings. The first-order valence-corrected chi connectivity index (χ1v) is 9.32. The average Bonchev–Trinajstić information content (AvgIpc) is 3.31. The van der Waals surface area contributed by atoms with E-state index in [1.54, 1.807) is 0 Å². The summed E-state index contributed by atoms with van der Waals surface area (Å²) in [6.07, 6.45) is 3.77. The predicted octanol–water partition coefficient (Wildman–Crippen LogP) is 1.77. The zero-order valence-electron chi connectivity index (χ0n) is 15.7. The zero-order chi connectivity index (χ0) is 18.3. The molecule has 2 aromatic rings. The normalized spacial score (nSPS) is 20.3. The Kier molecular flexibility index (Phi) is 4.26.